The van der Waals surface area contributed by atoms with Crippen LogP contribution in [0.5, 0.6) is 0 Å². The lowest BCUT2D eigenvalue weighted by atomic mass is 10.2. The van der Waals surface area contributed by atoms with Crippen molar-refractivity contribution in [2.24, 2.45) is 0 Å². The standard InChI is InChI=1S/C13H17N3O2S2/c1-2-8-20(17,18)15-7-5-13-16-12(10-19-13)11-4-3-6-14-9-11/h3-4,6,9-10,15H,2,5,7-8H2,1H3. The highest BCUT2D eigenvalue weighted by Crippen LogP contribution is 2.20. The van der Waals surface area contributed by atoms with Gasteiger partial charge in [-0.1, -0.05) is 6.92 Å². The molecule has 2 aromatic rings. The van der Waals surface area contributed by atoms with E-state index in [0.717, 1.165) is 16.3 Å². The molecule has 2 rings (SSSR count). The molecule has 0 unspecified atom stereocenters. The van der Waals surface area contributed by atoms with E-state index in [1.807, 2.05) is 24.4 Å². The summed E-state index contributed by atoms with van der Waals surface area (Å²) in [4.78, 5) is 8.55. The minimum atomic E-state index is -3.13. The molecule has 0 atom stereocenters. The lowest BCUT2D eigenvalue weighted by Crippen LogP contribution is -2.28. The number of nitrogens with one attached hydrogen (secondary N) is 1. The van der Waals surface area contributed by atoms with Gasteiger partial charge in [0, 0.05) is 36.3 Å². The Balaban J connectivity index is 1.91. The zero-order chi connectivity index (χ0) is 14.4. The first-order valence-corrected chi connectivity index (χ1v) is 8.96. The first-order chi connectivity index (χ1) is 9.61. The van der Waals surface area contributed by atoms with Gasteiger partial charge in [-0.05, 0) is 18.6 Å². The molecule has 108 valence electrons. The van der Waals surface area contributed by atoms with E-state index in [4.69, 9.17) is 0 Å². The smallest absolute Gasteiger partial charge is 0.211 e. The topological polar surface area (TPSA) is 72.0 Å². The van der Waals surface area contributed by atoms with Crippen LogP contribution in [0.2, 0.25) is 0 Å². The van der Waals surface area contributed by atoms with Crippen molar-refractivity contribution >= 4 is 21.4 Å². The number of aromatic nitrogens is 2. The van der Waals surface area contributed by atoms with E-state index in [9.17, 15) is 8.42 Å². The third-order valence-electron chi connectivity index (χ3n) is 2.64. The summed E-state index contributed by atoms with van der Waals surface area (Å²) in [6.45, 7) is 2.24. The molecule has 0 spiro atoms. The molecule has 0 fully saturated rings. The molecule has 2 heterocycles. The van der Waals surface area contributed by atoms with Crippen molar-refractivity contribution in [3.05, 3.63) is 34.9 Å². The lowest BCUT2D eigenvalue weighted by molar-refractivity contribution is 0.580. The normalized spacial score (nSPS) is 11.7. The molecule has 0 bridgehead atoms. The van der Waals surface area contributed by atoms with Crippen molar-refractivity contribution in [2.75, 3.05) is 12.3 Å². The van der Waals surface area contributed by atoms with Crippen LogP contribution in [0, 0.1) is 0 Å². The van der Waals surface area contributed by atoms with Gasteiger partial charge in [-0.25, -0.2) is 18.1 Å². The summed E-state index contributed by atoms with van der Waals surface area (Å²) in [5.74, 6) is 0.172. The first kappa shape index (κ1) is 15.1. The number of sulfonamides is 1. The summed E-state index contributed by atoms with van der Waals surface area (Å²) < 4.78 is 25.6. The second-order valence-corrected chi connectivity index (χ2v) is 7.20. The van der Waals surface area contributed by atoms with E-state index >= 15 is 0 Å². The molecule has 0 aromatic carbocycles. The second-order valence-electron chi connectivity index (χ2n) is 4.33. The lowest BCUT2D eigenvalue weighted by Gasteiger charge is -2.03. The van der Waals surface area contributed by atoms with Crippen LogP contribution in [0.25, 0.3) is 11.3 Å². The summed E-state index contributed by atoms with van der Waals surface area (Å²) in [5, 5.41) is 2.88. The van der Waals surface area contributed by atoms with E-state index in [1.165, 1.54) is 11.3 Å². The monoisotopic (exact) mass is 311 g/mol. The summed E-state index contributed by atoms with van der Waals surface area (Å²) in [6.07, 6.45) is 4.72. The van der Waals surface area contributed by atoms with Crippen molar-refractivity contribution in [1.82, 2.24) is 14.7 Å². The zero-order valence-electron chi connectivity index (χ0n) is 11.2. The van der Waals surface area contributed by atoms with Gasteiger partial charge in [0.15, 0.2) is 0 Å². The van der Waals surface area contributed by atoms with E-state index in [1.54, 1.807) is 12.4 Å². The molecule has 1 N–H and O–H groups in total. The van der Waals surface area contributed by atoms with Crippen LogP contribution < -0.4 is 4.72 Å². The Morgan fingerprint density at radius 1 is 1.40 bits per heavy atom. The highest BCUT2D eigenvalue weighted by molar-refractivity contribution is 7.89. The number of rotatable bonds is 7. The molecule has 0 aliphatic rings. The van der Waals surface area contributed by atoms with Gasteiger partial charge in [0.25, 0.3) is 0 Å². The average molecular weight is 311 g/mol. The summed E-state index contributed by atoms with van der Waals surface area (Å²) >= 11 is 1.53. The molecule has 5 nitrogen and oxygen atoms in total. The molecule has 0 aliphatic carbocycles. The van der Waals surface area contributed by atoms with E-state index < -0.39 is 10.0 Å². The molecular formula is C13H17N3O2S2. The van der Waals surface area contributed by atoms with Crippen LogP contribution >= 0.6 is 11.3 Å². The maximum Gasteiger partial charge on any atom is 0.211 e. The van der Waals surface area contributed by atoms with Gasteiger partial charge in [-0.15, -0.1) is 11.3 Å². The van der Waals surface area contributed by atoms with Crippen molar-refractivity contribution in [3.63, 3.8) is 0 Å². The SMILES string of the molecule is CCCS(=O)(=O)NCCc1nc(-c2cccnc2)cs1. The predicted molar refractivity (Wildman–Crippen MR) is 81.1 cm³/mol. The first-order valence-electron chi connectivity index (χ1n) is 6.43. The Hall–Kier alpha value is -1.31. The van der Waals surface area contributed by atoms with E-state index in [0.29, 0.717) is 19.4 Å². The maximum atomic E-state index is 11.5. The molecule has 7 heteroatoms. The van der Waals surface area contributed by atoms with Crippen molar-refractivity contribution in [1.29, 1.82) is 0 Å². The summed E-state index contributed by atoms with van der Waals surface area (Å²) in [6, 6.07) is 3.82. The van der Waals surface area contributed by atoms with Crippen LogP contribution in [-0.4, -0.2) is 30.7 Å². The molecule has 0 aliphatic heterocycles. The van der Waals surface area contributed by atoms with E-state index in [2.05, 4.69) is 14.7 Å². The van der Waals surface area contributed by atoms with Crippen molar-refractivity contribution < 1.29 is 8.42 Å². The van der Waals surface area contributed by atoms with Crippen LogP contribution in [0.3, 0.4) is 0 Å². The Morgan fingerprint density at radius 2 is 2.25 bits per heavy atom. The van der Waals surface area contributed by atoms with Crippen LogP contribution in [0.15, 0.2) is 29.9 Å². The summed E-state index contributed by atoms with van der Waals surface area (Å²) in [7, 11) is -3.13. The number of thiazole rings is 1. The number of nitrogens with zero attached hydrogens (tertiary/aromatic N) is 2. The van der Waals surface area contributed by atoms with Gasteiger partial charge in [-0.2, -0.15) is 0 Å². The quantitative estimate of drug-likeness (QED) is 0.849. The van der Waals surface area contributed by atoms with Crippen molar-refractivity contribution in [2.45, 2.75) is 19.8 Å². The molecule has 0 saturated heterocycles. The third kappa shape index (κ3) is 4.36. The van der Waals surface area contributed by atoms with Gasteiger partial charge in [0.05, 0.1) is 16.5 Å². The van der Waals surface area contributed by atoms with Crippen LogP contribution in [-0.2, 0) is 16.4 Å². The Labute approximate surface area is 123 Å². The Kier molecular flexibility index (Phi) is 5.22. The fraction of sp³-hybridized carbons (Fsp3) is 0.385. The number of pyridine rings is 1. The molecule has 20 heavy (non-hydrogen) atoms. The zero-order valence-corrected chi connectivity index (χ0v) is 12.9. The fourth-order valence-electron chi connectivity index (χ4n) is 1.73. The minimum Gasteiger partial charge on any atom is -0.264 e. The Bertz CT molecular complexity index is 639. The van der Waals surface area contributed by atoms with Crippen LogP contribution in [0.1, 0.15) is 18.4 Å². The molecule has 0 saturated carbocycles. The molecule has 0 radical (unpaired) electrons. The summed E-state index contributed by atoms with van der Waals surface area (Å²) in [5.41, 5.74) is 1.86. The Morgan fingerprint density at radius 3 is 2.95 bits per heavy atom. The van der Waals surface area contributed by atoms with Gasteiger partial charge >= 0.3 is 0 Å². The van der Waals surface area contributed by atoms with Crippen molar-refractivity contribution in [3.8, 4) is 11.3 Å². The highest BCUT2D eigenvalue weighted by atomic mass is 32.2. The number of hydrogen-bond donors (Lipinski definition) is 1. The second kappa shape index (κ2) is 6.92. The molecular weight excluding hydrogens is 294 g/mol. The fourth-order valence-corrected chi connectivity index (χ4v) is 3.63. The predicted octanol–water partition coefficient (Wildman–Crippen LogP) is 2.08. The minimum absolute atomic E-state index is 0.172. The van der Waals surface area contributed by atoms with Gasteiger partial charge in [0.2, 0.25) is 10.0 Å². The van der Waals surface area contributed by atoms with Gasteiger partial charge in [0.1, 0.15) is 0 Å². The van der Waals surface area contributed by atoms with Crippen LogP contribution in [0.4, 0.5) is 0 Å². The number of hydrogen-bond acceptors (Lipinski definition) is 5. The van der Waals surface area contributed by atoms with Gasteiger partial charge < -0.3 is 0 Å². The van der Waals surface area contributed by atoms with E-state index in [-0.39, 0.29) is 5.75 Å². The maximum absolute atomic E-state index is 11.5. The molecule has 0 amide bonds. The third-order valence-corrected chi connectivity index (χ3v) is 5.14. The largest absolute Gasteiger partial charge is 0.264 e. The van der Waals surface area contributed by atoms with Gasteiger partial charge in [-0.3, -0.25) is 4.98 Å². The average Bonchev–Trinajstić information content (AvgIpc) is 2.88. The highest BCUT2D eigenvalue weighted by Gasteiger charge is 2.09. The molecule has 2 aromatic heterocycles.